The fraction of sp³-hybridized carbons (Fsp3) is 0.208. The van der Waals surface area contributed by atoms with Gasteiger partial charge in [-0.25, -0.2) is 0 Å². The number of rotatable bonds is 10. The fourth-order valence-electron chi connectivity index (χ4n) is 3.46. The van der Waals surface area contributed by atoms with Gasteiger partial charge in [-0.3, -0.25) is 29.6 Å². The van der Waals surface area contributed by atoms with E-state index in [0.29, 0.717) is 47.9 Å². The summed E-state index contributed by atoms with van der Waals surface area (Å²) in [6, 6.07) is 16.8. The lowest BCUT2D eigenvalue weighted by Gasteiger charge is -2.13. The Bertz CT molecular complexity index is 1160. The average Bonchev–Trinajstić information content (AvgIpc) is 3.40. The molecule has 0 radical (unpaired) electrons. The van der Waals surface area contributed by atoms with Crippen molar-refractivity contribution < 1.29 is 23.7 Å². The van der Waals surface area contributed by atoms with Crippen LogP contribution in [0.5, 0.6) is 5.75 Å². The van der Waals surface area contributed by atoms with Crippen LogP contribution in [-0.2, 0) is 0 Å². The fourth-order valence-corrected chi connectivity index (χ4v) is 3.46. The van der Waals surface area contributed by atoms with Crippen LogP contribution in [0.2, 0.25) is 0 Å². The van der Waals surface area contributed by atoms with Gasteiger partial charge in [-0.15, -0.1) is 0 Å². The van der Waals surface area contributed by atoms with E-state index in [1.165, 1.54) is 23.2 Å². The van der Waals surface area contributed by atoms with Crippen molar-refractivity contribution in [3.63, 3.8) is 0 Å². The Morgan fingerprint density at radius 1 is 0.939 bits per heavy atom. The first-order valence-electron chi connectivity index (χ1n) is 10.5. The molecule has 4 rings (SSSR count). The van der Waals surface area contributed by atoms with Crippen LogP contribution in [0.4, 0.5) is 11.6 Å². The van der Waals surface area contributed by atoms with Gasteiger partial charge in [0.2, 0.25) is 0 Å². The molecule has 2 amide bonds. The molecule has 0 N–H and O–H groups in total. The number of carbonyl (C=O) groups is 2. The second-order valence-corrected chi connectivity index (χ2v) is 7.40. The largest absolute Gasteiger partial charge is 0.494 e. The molecule has 0 bridgehead atoms. The molecule has 2 aromatic carbocycles. The molecule has 1 aliphatic rings. The van der Waals surface area contributed by atoms with Crippen LogP contribution < -0.4 is 4.74 Å². The summed E-state index contributed by atoms with van der Waals surface area (Å²) in [4.78, 5) is 40.2. The first kappa shape index (κ1) is 21.9. The Hall–Kier alpha value is -4.27. The summed E-state index contributed by atoms with van der Waals surface area (Å²) in [6.07, 6.45) is 3.75. The summed E-state index contributed by atoms with van der Waals surface area (Å²) >= 11 is 0. The van der Waals surface area contributed by atoms with Crippen molar-refractivity contribution in [2.24, 2.45) is 4.99 Å². The standard InChI is InChI=1S/C24H21N3O6/c28-23-20-6-2-3-7-21(20)24(29)26(23)14-4-1-5-15-32-18-10-8-17(9-11-18)25-16-19-12-13-22(33-19)27(30)31/h2-3,6-13,16H,1,4-5,14-15H2. The molecule has 9 nitrogen and oxygen atoms in total. The minimum Gasteiger partial charge on any atom is -0.494 e. The second kappa shape index (κ2) is 9.90. The Labute approximate surface area is 189 Å². The number of ether oxygens (including phenoxy) is 1. The molecule has 0 saturated carbocycles. The molecule has 9 heteroatoms. The van der Waals surface area contributed by atoms with Gasteiger partial charge in [-0.2, -0.15) is 0 Å². The maximum Gasteiger partial charge on any atom is 0.433 e. The van der Waals surface area contributed by atoms with Gasteiger partial charge in [0.1, 0.15) is 10.7 Å². The van der Waals surface area contributed by atoms with Gasteiger partial charge in [0.25, 0.3) is 11.8 Å². The highest BCUT2D eigenvalue weighted by Gasteiger charge is 2.34. The van der Waals surface area contributed by atoms with E-state index in [4.69, 9.17) is 9.15 Å². The third-order valence-corrected chi connectivity index (χ3v) is 5.14. The maximum absolute atomic E-state index is 12.3. The molecule has 33 heavy (non-hydrogen) atoms. The second-order valence-electron chi connectivity index (χ2n) is 7.40. The zero-order valence-electron chi connectivity index (χ0n) is 17.7. The molecule has 168 valence electrons. The van der Waals surface area contributed by atoms with E-state index in [-0.39, 0.29) is 17.7 Å². The van der Waals surface area contributed by atoms with E-state index in [0.717, 1.165) is 12.8 Å². The number of nitrogens with zero attached hydrogens (tertiary/aromatic N) is 3. The summed E-state index contributed by atoms with van der Waals surface area (Å²) in [7, 11) is 0. The molecule has 0 fully saturated rings. The highest BCUT2D eigenvalue weighted by atomic mass is 16.6. The van der Waals surface area contributed by atoms with Crippen LogP contribution in [0.1, 0.15) is 45.7 Å². The van der Waals surface area contributed by atoms with E-state index >= 15 is 0 Å². The normalized spacial score (nSPS) is 13.0. The van der Waals surface area contributed by atoms with Gasteiger partial charge in [-0.1, -0.05) is 12.1 Å². The van der Waals surface area contributed by atoms with Crippen molar-refractivity contribution in [2.45, 2.75) is 19.3 Å². The molecule has 2 heterocycles. The lowest BCUT2D eigenvalue weighted by molar-refractivity contribution is -0.402. The number of hydrogen-bond acceptors (Lipinski definition) is 7. The lowest BCUT2D eigenvalue weighted by Crippen LogP contribution is -2.30. The van der Waals surface area contributed by atoms with Crippen LogP contribution in [0.3, 0.4) is 0 Å². The third-order valence-electron chi connectivity index (χ3n) is 5.14. The molecule has 1 aromatic heterocycles. The van der Waals surface area contributed by atoms with Crippen LogP contribution in [-0.4, -0.2) is 41.0 Å². The van der Waals surface area contributed by atoms with Crippen LogP contribution >= 0.6 is 0 Å². The molecule has 0 spiro atoms. The molecule has 0 atom stereocenters. The van der Waals surface area contributed by atoms with Crippen molar-refractivity contribution in [1.29, 1.82) is 0 Å². The van der Waals surface area contributed by atoms with Crippen LogP contribution in [0.25, 0.3) is 0 Å². The van der Waals surface area contributed by atoms with Gasteiger partial charge in [0, 0.05) is 6.54 Å². The number of amides is 2. The molecule has 1 aliphatic heterocycles. The summed E-state index contributed by atoms with van der Waals surface area (Å²) in [5, 5.41) is 10.6. The van der Waals surface area contributed by atoms with Crippen molar-refractivity contribution in [1.82, 2.24) is 4.90 Å². The predicted molar refractivity (Wildman–Crippen MR) is 120 cm³/mol. The monoisotopic (exact) mass is 447 g/mol. The summed E-state index contributed by atoms with van der Waals surface area (Å²) in [5.41, 5.74) is 1.61. The number of benzene rings is 2. The minimum absolute atomic E-state index is 0.222. The zero-order valence-corrected chi connectivity index (χ0v) is 17.7. The number of carbonyl (C=O) groups excluding carboxylic acids is 2. The summed E-state index contributed by atoms with van der Waals surface area (Å²) in [6.45, 7) is 0.915. The number of hydrogen-bond donors (Lipinski definition) is 0. The van der Waals surface area contributed by atoms with Gasteiger partial charge in [0.15, 0.2) is 5.76 Å². The number of imide groups is 1. The maximum atomic E-state index is 12.3. The third kappa shape index (κ3) is 5.15. The Morgan fingerprint density at radius 2 is 1.64 bits per heavy atom. The van der Waals surface area contributed by atoms with E-state index in [1.54, 1.807) is 48.5 Å². The number of fused-ring (bicyclic) bond motifs is 1. The smallest absolute Gasteiger partial charge is 0.433 e. The molecule has 3 aromatic rings. The van der Waals surface area contributed by atoms with Gasteiger partial charge >= 0.3 is 5.88 Å². The number of nitro groups is 1. The molecule has 0 unspecified atom stereocenters. The van der Waals surface area contributed by atoms with Crippen molar-refractivity contribution in [2.75, 3.05) is 13.2 Å². The Balaban J connectivity index is 1.16. The van der Waals surface area contributed by atoms with Gasteiger partial charge in [0.05, 0.1) is 35.7 Å². The quantitative estimate of drug-likeness (QED) is 0.145. The average molecular weight is 447 g/mol. The number of aliphatic imine (C=N–C) groups is 1. The number of unbranched alkanes of at least 4 members (excludes halogenated alkanes) is 2. The number of furan rings is 1. The zero-order chi connectivity index (χ0) is 23.2. The molecule has 0 saturated heterocycles. The van der Waals surface area contributed by atoms with Crippen LogP contribution in [0, 0.1) is 10.1 Å². The summed E-state index contributed by atoms with van der Waals surface area (Å²) < 4.78 is 10.7. The summed E-state index contributed by atoms with van der Waals surface area (Å²) in [5.74, 6) is 0.217. The highest BCUT2D eigenvalue weighted by molar-refractivity contribution is 6.21. The molecular weight excluding hydrogens is 426 g/mol. The van der Waals surface area contributed by atoms with E-state index in [1.807, 2.05) is 0 Å². The van der Waals surface area contributed by atoms with Crippen LogP contribution in [0.15, 0.2) is 70.1 Å². The van der Waals surface area contributed by atoms with E-state index < -0.39 is 4.92 Å². The Kier molecular flexibility index (Phi) is 6.58. The highest BCUT2D eigenvalue weighted by Crippen LogP contribution is 2.23. The predicted octanol–water partition coefficient (Wildman–Crippen LogP) is 4.78. The van der Waals surface area contributed by atoms with E-state index in [9.17, 15) is 19.7 Å². The van der Waals surface area contributed by atoms with Gasteiger partial charge < -0.3 is 9.15 Å². The first-order valence-corrected chi connectivity index (χ1v) is 10.5. The van der Waals surface area contributed by atoms with Crippen molar-refractivity contribution >= 4 is 29.6 Å². The topological polar surface area (TPSA) is 115 Å². The molecular formula is C24H21N3O6. The van der Waals surface area contributed by atoms with Crippen molar-refractivity contribution in [3.05, 3.63) is 87.7 Å². The lowest BCUT2D eigenvalue weighted by atomic mass is 10.1. The molecule has 0 aliphatic carbocycles. The van der Waals surface area contributed by atoms with Crippen molar-refractivity contribution in [3.8, 4) is 5.75 Å². The van der Waals surface area contributed by atoms with E-state index in [2.05, 4.69) is 4.99 Å². The SMILES string of the molecule is O=C1c2ccccc2C(=O)N1CCCCCOc1ccc(N=Cc2ccc([N+](=O)[O-])o2)cc1. The Morgan fingerprint density at radius 3 is 2.27 bits per heavy atom. The minimum atomic E-state index is -0.603. The first-order chi connectivity index (χ1) is 16.0. The van der Waals surface area contributed by atoms with Gasteiger partial charge in [-0.05, 0) is 61.7 Å².